The second-order valence-corrected chi connectivity index (χ2v) is 12.1. The molecule has 9 nitrogen and oxygen atoms in total. The molecule has 0 unspecified atom stereocenters. The molecule has 3 aromatic heterocycles. The maximum Gasteiger partial charge on any atom is 0.293 e. The van der Waals surface area contributed by atoms with Gasteiger partial charge in [-0.2, -0.15) is 5.10 Å². The van der Waals surface area contributed by atoms with Gasteiger partial charge in [-0.1, -0.05) is 32.9 Å². The molecule has 2 N–H and O–H groups in total. The van der Waals surface area contributed by atoms with Crippen LogP contribution in [0, 0.1) is 0 Å². The van der Waals surface area contributed by atoms with Gasteiger partial charge in [-0.05, 0) is 36.0 Å². The number of carbonyl (C=O) groups excluding carboxylic acids is 1. The Hall–Kier alpha value is -3.76. The molecule has 1 aromatic carbocycles. The number of carbonyl (C=O) groups is 1. The average molecular weight is 531 g/mol. The summed E-state index contributed by atoms with van der Waals surface area (Å²) >= 11 is 1.54. The number of hydrogen-bond donors (Lipinski definition) is 2. The maximum absolute atomic E-state index is 13.4. The molecule has 0 bridgehead atoms. The summed E-state index contributed by atoms with van der Waals surface area (Å²) in [6, 6.07) is 8.11. The van der Waals surface area contributed by atoms with Crippen LogP contribution in [0.3, 0.4) is 0 Å². The van der Waals surface area contributed by atoms with Crippen molar-refractivity contribution in [3.8, 4) is 11.3 Å². The van der Waals surface area contributed by atoms with Crippen LogP contribution in [0.25, 0.3) is 11.3 Å². The maximum atomic E-state index is 13.4. The summed E-state index contributed by atoms with van der Waals surface area (Å²) < 4.78 is 3.37. The van der Waals surface area contributed by atoms with Crippen molar-refractivity contribution in [3.63, 3.8) is 0 Å². The number of anilines is 3. The van der Waals surface area contributed by atoms with Crippen LogP contribution in [0.4, 0.5) is 17.2 Å². The Balaban J connectivity index is 1.35. The van der Waals surface area contributed by atoms with Crippen LogP contribution in [-0.4, -0.2) is 30.3 Å². The number of aromatic nitrogens is 4. The topological polar surface area (TPSA) is 105 Å². The molecule has 10 heteroatoms. The summed E-state index contributed by atoms with van der Waals surface area (Å²) in [5, 5.41) is 17.9. The van der Waals surface area contributed by atoms with Gasteiger partial charge in [0.15, 0.2) is 5.82 Å². The van der Waals surface area contributed by atoms with E-state index < -0.39 is 0 Å². The minimum atomic E-state index is -0.280. The van der Waals surface area contributed by atoms with E-state index in [1.807, 2.05) is 29.1 Å². The van der Waals surface area contributed by atoms with Gasteiger partial charge in [0.1, 0.15) is 0 Å². The molecule has 0 saturated heterocycles. The lowest BCUT2D eigenvalue weighted by Crippen LogP contribution is -2.25. The minimum Gasteiger partial charge on any atom is -0.392 e. The van der Waals surface area contributed by atoms with Gasteiger partial charge in [0.2, 0.25) is 0 Å². The number of thiophene rings is 1. The number of amides is 1. The first-order chi connectivity index (χ1) is 18.1. The van der Waals surface area contributed by atoms with Gasteiger partial charge in [-0.25, -0.2) is 4.98 Å². The number of aryl methyl sites for hydroxylation is 1. The van der Waals surface area contributed by atoms with Crippen LogP contribution >= 0.6 is 11.3 Å². The quantitative estimate of drug-likeness (QED) is 0.373. The second kappa shape index (κ2) is 8.92. The van der Waals surface area contributed by atoms with Crippen molar-refractivity contribution < 1.29 is 9.90 Å². The highest BCUT2D eigenvalue weighted by Gasteiger charge is 2.34. The third-order valence-electron chi connectivity index (χ3n) is 7.05. The first-order valence-corrected chi connectivity index (χ1v) is 13.5. The predicted molar refractivity (Wildman–Crippen MR) is 148 cm³/mol. The second-order valence-electron chi connectivity index (χ2n) is 11.0. The summed E-state index contributed by atoms with van der Waals surface area (Å²) in [7, 11) is 1.67. The lowest BCUT2D eigenvalue weighted by molar-refractivity contribution is 0.0999. The summed E-state index contributed by atoms with van der Waals surface area (Å²) in [5.41, 5.74) is 3.83. The first-order valence-electron chi connectivity index (χ1n) is 12.7. The van der Waals surface area contributed by atoms with Gasteiger partial charge in [0.05, 0.1) is 47.3 Å². The molecule has 196 valence electrons. The molecular formula is C28H30N6O3S. The van der Waals surface area contributed by atoms with Gasteiger partial charge in [-0.15, -0.1) is 11.3 Å². The van der Waals surface area contributed by atoms with E-state index in [4.69, 9.17) is 0 Å². The Kier molecular flexibility index (Phi) is 5.77. The van der Waals surface area contributed by atoms with Gasteiger partial charge in [0.25, 0.3) is 11.5 Å². The SMILES string of the molecule is Cn1cc(-c2cccc(N3Cc4cc(C(C)(C)C)sc4C3=O)c2CO)nc(Nc2cnn(C3CC3)c2)c1=O. The standard InChI is InChI=1S/C28H30N6O3S/c1-28(2,3)23-10-16-12-33(26(36)24(16)38-23)22-7-5-6-19(20(22)15-35)21-14-32(4)27(37)25(31-21)30-17-11-29-34(13-17)18-8-9-18/h5-7,10-11,13-14,18,35H,8-9,12,15H2,1-4H3,(H,30,31). The van der Waals surface area contributed by atoms with E-state index in [2.05, 4.69) is 42.2 Å². The van der Waals surface area contributed by atoms with Crippen molar-refractivity contribution in [3.05, 3.63) is 74.1 Å². The third-order valence-corrected chi connectivity index (χ3v) is 8.64. The van der Waals surface area contributed by atoms with Crippen LogP contribution in [0.15, 0.2) is 47.7 Å². The van der Waals surface area contributed by atoms with Crippen molar-refractivity contribution in [1.29, 1.82) is 0 Å². The fourth-order valence-corrected chi connectivity index (χ4v) is 5.96. The van der Waals surface area contributed by atoms with Crippen LogP contribution in [-0.2, 0) is 25.6 Å². The Bertz CT molecular complexity index is 1620. The summed E-state index contributed by atoms with van der Waals surface area (Å²) in [6.45, 7) is 6.61. The molecule has 2 aliphatic rings. The van der Waals surface area contributed by atoms with Crippen LogP contribution in [0.2, 0.25) is 0 Å². The van der Waals surface area contributed by atoms with E-state index in [1.54, 1.807) is 35.7 Å². The molecular weight excluding hydrogens is 500 g/mol. The van der Waals surface area contributed by atoms with E-state index in [0.717, 1.165) is 23.3 Å². The van der Waals surface area contributed by atoms with Crippen molar-refractivity contribution >= 4 is 34.4 Å². The van der Waals surface area contributed by atoms with Crippen molar-refractivity contribution in [2.24, 2.45) is 7.05 Å². The van der Waals surface area contributed by atoms with Crippen molar-refractivity contribution in [1.82, 2.24) is 19.3 Å². The fourth-order valence-electron chi connectivity index (χ4n) is 4.79. The number of fused-ring (bicyclic) bond motifs is 1. The van der Waals surface area contributed by atoms with Crippen LogP contribution < -0.4 is 15.8 Å². The molecule has 1 aliphatic heterocycles. The first kappa shape index (κ1) is 24.6. The van der Waals surface area contributed by atoms with Crippen molar-refractivity contribution in [2.45, 2.75) is 58.2 Å². The molecule has 1 saturated carbocycles. The van der Waals surface area contributed by atoms with Crippen molar-refractivity contribution in [2.75, 3.05) is 10.2 Å². The lowest BCUT2D eigenvalue weighted by atomic mass is 9.94. The number of nitrogens with zero attached hydrogens (tertiary/aromatic N) is 5. The summed E-state index contributed by atoms with van der Waals surface area (Å²) in [4.78, 5) is 34.6. The minimum absolute atomic E-state index is 0.0203. The smallest absolute Gasteiger partial charge is 0.293 e. The van der Waals surface area contributed by atoms with Crippen LogP contribution in [0.1, 0.15) is 65.3 Å². The molecule has 1 amide bonds. The van der Waals surface area contributed by atoms with E-state index in [9.17, 15) is 14.7 Å². The number of aliphatic hydroxyl groups is 1. The van der Waals surface area contributed by atoms with E-state index >= 15 is 0 Å². The van der Waals surface area contributed by atoms with Gasteiger partial charge in [-0.3, -0.25) is 14.3 Å². The highest BCUT2D eigenvalue weighted by Crippen LogP contribution is 2.41. The molecule has 6 rings (SSSR count). The summed E-state index contributed by atoms with van der Waals surface area (Å²) in [6.07, 6.45) is 7.45. The van der Waals surface area contributed by atoms with Crippen LogP contribution in [0.5, 0.6) is 0 Å². The largest absolute Gasteiger partial charge is 0.392 e. The van der Waals surface area contributed by atoms with E-state index in [-0.39, 0.29) is 29.3 Å². The number of nitrogens with one attached hydrogen (secondary N) is 1. The summed E-state index contributed by atoms with van der Waals surface area (Å²) in [5.74, 6) is 0.111. The predicted octanol–water partition coefficient (Wildman–Crippen LogP) is 4.73. The normalized spacial score (nSPS) is 15.3. The zero-order valence-corrected chi connectivity index (χ0v) is 22.7. The molecule has 1 fully saturated rings. The number of rotatable bonds is 6. The van der Waals surface area contributed by atoms with Gasteiger partial charge >= 0.3 is 0 Å². The Labute approximate surface area is 224 Å². The molecule has 0 radical (unpaired) electrons. The molecule has 1 aliphatic carbocycles. The average Bonchev–Trinajstić information content (AvgIpc) is 3.33. The Morgan fingerprint density at radius 3 is 2.66 bits per heavy atom. The zero-order chi connectivity index (χ0) is 26.8. The monoisotopic (exact) mass is 530 g/mol. The molecule has 0 spiro atoms. The lowest BCUT2D eigenvalue weighted by Gasteiger charge is -2.22. The van der Waals surface area contributed by atoms with Gasteiger partial charge < -0.3 is 19.9 Å². The Morgan fingerprint density at radius 2 is 1.97 bits per heavy atom. The molecule has 0 atom stereocenters. The number of aliphatic hydroxyl groups excluding tert-OH is 1. The highest BCUT2D eigenvalue weighted by molar-refractivity contribution is 7.14. The fraction of sp³-hybridized carbons (Fsp3) is 0.357. The molecule has 4 heterocycles. The Morgan fingerprint density at radius 1 is 1.18 bits per heavy atom. The third kappa shape index (κ3) is 4.23. The number of hydrogen-bond acceptors (Lipinski definition) is 7. The number of benzene rings is 1. The molecule has 38 heavy (non-hydrogen) atoms. The van der Waals surface area contributed by atoms with E-state index in [0.29, 0.717) is 40.8 Å². The highest BCUT2D eigenvalue weighted by atomic mass is 32.1. The zero-order valence-electron chi connectivity index (χ0n) is 21.9. The van der Waals surface area contributed by atoms with Gasteiger partial charge in [0, 0.05) is 35.4 Å². The van der Waals surface area contributed by atoms with E-state index in [1.165, 1.54) is 9.44 Å². The molecule has 4 aromatic rings.